The number of nitrogen functional groups attached to an aromatic ring is 1. The van der Waals surface area contributed by atoms with Crippen LogP contribution in [-0.2, 0) is 11.2 Å². The summed E-state index contributed by atoms with van der Waals surface area (Å²) < 4.78 is 0. The first-order chi connectivity index (χ1) is 8.21. The van der Waals surface area contributed by atoms with E-state index in [1.165, 1.54) is 0 Å². The molecule has 0 aliphatic rings. The Kier molecular flexibility index (Phi) is 4.24. The van der Waals surface area contributed by atoms with Crippen LogP contribution >= 0.6 is 0 Å². The van der Waals surface area contributed by atoms with Gasteiger partial charge in [0.1, 0.15) is 5.84 Å². The molecule has 1 aromatic carbocycles. The van der Waals surface area contributed by atoms with Crippen LogP contribution in [0.4, 0.5) is 0 Å². The van der Waals surface area contributed by atoms with E-state index >= 15 is 0 Å². The number of Topliss-reactive ketones (excluding diaryl/α,β-unsaturated/α-hetero) is 1. The fourth-order valence-corrected chi connectivity index (χ4v) is 1.72. The van der Waals surface area contributed by atoms with Gasteiger partial charge in [0.15, 0.2) is 5.78 Å². The van der Waals surface area contributed by atoms with Gasteiger partial charge in [0, 0.05) is 11.0 Å². The normalized spacial score (nSPS) is 13.1. The Hall–Kier alpha value is -1.68. The second-order valence-electron chi connectivity index (χ2n) is 5.54. The molecule has 0 saturated carbocycles. The standard InChI is InChI=1S/C14H21N3O/c1-14(2,3)12(18)11(15)8-9-4-6-10(7-5-9)13(16)17/h4-7,11H,8,15H2,1-3H3,(H3,16,17). The third kappa shape index (κ3) is 3.67. The number of benzene rings is 1. The van der Waals surface area contributed by atoms with Gasteiger partial charge in [0.05, 0.1) is 6.04 Å². The second kappa shape index (κ2) is 5.31. The van der Waals surface area contributed by atoms with E-state index < -0.39 is 11.5 Å². The Bertz CT molecular complexity index is 443. The number of carbonyl (C=O) groups is 1. The number of amidine groups is 1. The van der Waals surface area contributed by atoms with Gasteiger partial charge in [0.25, 0.3) is 0 Å². The first-order valence-corrected chi connectivity index (χ1v) is 5.95. The van der Waals surface area contributed by atoms with E-state index in [4.69, 9.17) is 16.9 Å². The summed E-state index contributed by atoms with van der Waals surface area (Å²) in [7, 11) is 0. The maximum atomic E-state index is 12.0. The van der Waals surface area contributed by atoms with Crippen LogP contribution < -0.4 is 11.5 Å². The monoisotopic (exact) mass is 247 g/mol. The van der Waals surface area contributed by atoms with Crippen molar-refractivity contribution >= 4 is 11.6 Å². The zero-order chi connectivity index (χ0) is 13.9. The Labute approximate surface area is 108 Å². The molecule has 0 saturated heterocycles. The van der Waals surface area contributed by atoms with E-state index in [0.717, 1.165) is 5.56 Å². The van der Waals surface area contributed by atoms with Crippen LogP contribution in [0.3, 0.4) is 0 Å². The third-order valence-electron chi connectivity index (χ3n) is 2.80. The highest BCUT2D eigenvalue weighted by molar-refractivity contribution is 5.95. The van der Waals surface area contributed by atoms with E-state index in [2.05, 4.69) is 0 Å². The Morgan fingerprint density at radius 1 is 1.28 bits per heavy atom. The zero-order valence-corrected chi connectivity index (χ0v) is 11.2. The lowest BCUT2D eigenvalue weighted by molar-refractivity contribution is -0.127. The number of carbonyl (C=O) groups excluding carboxylic acids is 1. The van der Waals surface area contributed by atoms with Crippen molar-refractivity contribution in [2.24, 2.45) is 16.9 Å². The molecule has 0 amide bonds. The molecule has 0 heterocycles. The molecule has 1 aromatic rings. The predicted octanol–water partition coefficient (Wildman–Crippen LogP) is 1.46. The Morgan fingerprint density at radius 2 is 1.78 bits per heavy atom. The molecule has 1 rings (SSSR count). The predicted molar refractivity (Wildman–Crippen MR) is 73.6 cm³/mol. The van der Waals surface area contributed by atoms with E-state index in [1.54, 1.807) is 12.1 Å². The summed E-state index contributed by atoms with van der Waals surface area (Å²) in [5.41, 5.74) is 12.5. The number of hydrogen-bond acceptors (Lipinski definition) is 3. The molecule has 0 radical (unpaired) electrons. The summed E-state index contributed by atoms with van der Waals surface area (Å²) in [5, 5.41) is 7.30. The van der Waals surface area contributed by atoms with Crippen molar-refractivity contribution in [1.29, 1.82) is 5.41 Å². The maximum Gasteiger partial charge on any atom is 0.155 e. The SMILES string of the molecule is CC(C)(C)C(=O)C(N)Cc1ccc(C(=N)N)cc1. The van der Waals surface area contributed by atoms with Crippen LogP contribution in [0.15, 0.2) is 24.3 Å². The lowest BCUT2D eigenvalue weighted by Gasteiger charge is -2.21. The van der Waals surface area contributed by atoms with Crippen molar-refractivity contribution in [3.63, 3.8) is 0 Å². The van der Waals surface area contributed by atoms with Crippen molar-refractivity contribution in [3.05, 3.63) is 35.4 Å². The van der Waals surface area contributed by atoms with Crippen LogP contribution in [0.2, 0.25) is 0 Å². The van der Waals surface area contributed by atoms with E-state index in [-0.39, 0.29) is 11.6 Å². The molecule has 0 aliphatic heterocycles. The Balaban J connectivity index is 2.74. The third-order valence-corrected chi connectivity index (χ3v) is 2.80. The van der Waals surface area contributed by atoms with Crippen LogP contribution in [0.1, 0.15) is 31.9 Å². The van der Waals surface area contributed by atoms with Crippen molar-refractivity contribution in [2.75, 3.05) is 0 Å². The number of ketones is 1. The van der Waals surface area contributed by atoms with Gasteiger partial charge in [-0.1, -0.05) is 45.0 Å². The first-order valence-electron chi connectivity index (χ1n) is 5.95. The molecule has 0 aromatic heterocycles. The summed E-state index contributed by atoms with van der Waals surface area (Å²) >= 11 is 0. The molecule has 0 aliphatic carbocycles. The van der Waals surface area contributed by atoms with Gasteiger partial charge in [-0.3, -0.25) is 10.2 Å². The van der Waals surface area contributed by atoms with Crippen molar-refractivity contribution in [3.8, 4) is 0 Å². The average Bonchev–Trinajstić information content (AvgIpc) is 2.27. The fourth-order valence-electron chi connectivity index (χ4n) is 1.72. The largest absolute Gasteiger partial charge is 0.384 e. The summed E-state index contributed by atoms with van der Waals surface area (Å²) in [5.74, 6) is 0.0924. The molecule has 0 bridgehead atoms. The van der Waals surface area contributed by atoms with Crippen molar-refractivity contribution < 1.29 is 4.79 Å². The molecule has 1 atom stereocenters. The van der Waals surface area contributed by atoms with Crippen LogP contribution in [0.5, 0.6) is 0 Å². The quantitative estimate of drug-likeness (QED) is 0.555. The molecule has 0 spiro atoms. The minimum atomic E-state index is -0.492. The van der Waals surface area contributed by atoms with Crippen LogP contribution in [-0.4, -0.2) is 17.7 Å². The molecule has 5 N–H and O–H groups in total. The molecule has 4 heteroatoms. The summed E-state index contributed by atoms with van der Waals surface area (Å²) in [6, 6.07) is 6.75. The molecule has 1 unspecified atom stereocenters. The highest BCUT2D eigenvalue weighted by Gasteiger charge is 2.26. The molecule has 4 nitrogen and oxygen atoms in total. The smallest absolute Gasteiger partial charge is 0.155 e. The number of hydrogen-bond donors (Lipinski definition) is 3. The van der Waals surface area contributed by atoms with Gasteiger partial charge >= 0.3 is 0 Å². The second-order valence-corrected chi connectivity index (χ2v) is 5.54. The molecule has 98 valence electrons. The highest BCUT2D eigenvalue weighted by atomic mass is 16.1. The van der Waals surface area contributed by atoms with Gasteiger partial charge in [-0.2, -0.15) is 0 Å². The van der Waals surface area contributed by atoms with Crippen molar-refractivity contribution in [2.45, 2.75) is 33.2 Å². The molecular formula is C14H21N3O. The van der Waals surface area contributed by atoms with Crippen LogP contribution in [0.25, 0.3) is 0 Å². The van der Waals surface area contributed by atoms with Gasteiger partial charge in [-0.05, 0) is 12.0 Å². The van der Waals surface area contributed by atoms with Gasteiger partial charge in [-0.25, -0.2) is 0 Å². The van der Waals surface area contributed by atoms with Gasteiger partial charge < -0.3 is 11.5 Å². The molecular weight excluding hydrogens is 226 g/mol. The molecule has 18 heavy (non-hydrogen) atoms. The first kappa shape index (κ1) is 14.4. The van der Waals surface area contributed by atoms with Crippen LogP contribution in [0, 0.1) is 10.8 Å². The fraction of sp³-hybridized carbons (Fsp3) is 0.429. The van der Waals surface area contributed by atoms with Gasteiger partial charge in [-0.15, -0.1) is 0 Å². The summed E-state index contributed by atoms with van der Waals surface area (Å²) in [6.45, 7) is 5.61. The van der Waals surface area contributed by atoms with E-state index in [0.29, 0.717) is 12.0 Å². The number of rotatable bonds is 4. The lowest BCUT2D eigenvalue weighted by atomic mass is 9.84. The molecule has 0 fully saturated rings. The average molecular weight is 247 g/mol. The van der Waals surface area contributed by atoms with E-state index in [1.807, 2.05) is 32.9 Å². The number of nitrogens with two attached hydrogens (primary N) is 2. The lowest BCUT2D eigenvalue weighted by Crippen LogP contribution is -2.40. The topological polar surface area (TPSA) is 93.0 Å². The van der Waals surface area contributed by atoms with E-state index in [9.17, 15) is 4.79 Å². The highest BCUT2D eigenvalue weighted by Crippen LogP contribution is 2.18. The summed E-state index contributed by atoms with van der Waals surface area (Å²) in [6.07, 6.45) is 0.508. The maximum absolute atomic E-state index is 12.0. The minimum absolute atomic E-state index is 0.0385. The number of nitrogens with one attached hydrogen (secondary N) is 1. The summed E-state index contributed by atoms with van der Waals surface area (Å²) in [4.78, 5) is 12.0. The van der Waals surface area contributed by atoms with Crippen molar-refractivity contribution in [1.82, 2.24) is 0 Å². The van der Waals surface area contributed by atoms with Gasteiger partial charge in [0.2, 0.25) is 0 Å². The zero-order valence-electron chi connectivity index (χ0n) is 11.2. The minimum Gasteiger partial charge on any atom is -0.384 e. The Morgan fingerprint density at radius 3 is 2.17 bits per heavy atom.